The van der Waals surface area contributed by atoms with E-state index in [0.717, 1.165) is 23.4 Å². The second kappa shape index (κ2) is 12.0. The van der Waals surface area contributed by atoms with Crippen molar-refractivity contribution in [1.82, 2.24) is 0 Å². The molecule has 2 aromatic carbocycles. The number of allylic oxidation sites excluding steroid dienone is 4. The molecule has 0 spiro atoms. The van der Waals surface area contributed by atoms with Gasteiger partial charge < -0.3 is 5.32 Å². The molecule has 0 amide bonds. The molecule has 2 rings (SSSR count). The minimum absolute atomic E-state index is 0.594. The Balaban J connectivity index is 0.000000400. The molecule has 0 aromatic heterocycles. The van der Waals surface area contributed by atoms with E-state index in [0.29, 0.717) is 5.92 Å². The lowest BCUT2D eigenvalue weighted by Crippen LogP contribution is -1.98. The lowest BCUT2D eigenvalue weighted by molar-refractivity contribution is 0.698. The van der Waals surface area contributed by atoms with Gasteiger partial charge in [0.05, 0.1) is 0 Å². The van der Waals surface area contributed by atoms with Gasteiger partial charge in [-0.05, 0) is 37.1 Å². The highest BCUT2D eigenvalue weighted by Gasteiger charge is 1.96. The second-order valence-electron chi connectivity index (χ2n) is 5.84. The Bertz CT molecular complexity index is 597. The summed E-state index contributed by atoms with van der Waals surface area (Å²) in [5.41, 5.74) is 3.22. The van der Waals surface area contributed by atoms with Gasteiger partial charge in [-0.1, -0.05) is 93.1 Å². The first-order chi connectivity index (χ1) is 11.6. The second-order valence-corrected chi connectivity index (χ2v) is 5.84. The lowest BCUT2D eigenvalue weighted by Gasteiger charge is -2.08. The summed E-state index contributed by atoms with van der Waals surface area (Å²) < 4.78 is 0. The van der Waals surface area contributed by atoms with Crippen LogP contribution in [0.4, 0.5) is 5.69 Å². The van der Waals surface area contributed by atoms with Crippen molar-refractivity contribution in [1.29, 1.82) is 0 Å². The van der Waals surface area contributed by atoms with Crippen molar-refractivity contribution in [2.45, 2.75) is 27.2 Å². The SMILES string of the molecule is C=C(C)/C=C(\C=C/C(C)CC)Nc1ccccc1.c1ccccc1. The van der Waals surface area contributed by atoms with Crippen molar-refractivity contribution in [2.24, 2.45) is 5.92 Å². The molecule has 0 radical (unpaired) electrons. The molecule has 1 heteroatoms. The minimum Gasteiger partial charge on any atom is -0.356 e. The Morgan fingerprint density at radius 3 is 1.96 bits per heavy atom. The van der Waals surface area contributed by atoms with E-state index in [2.05, 4.69) is 56.1 Å². The van der Waals surface area contributed by atoms with Crippen LogP contribution in [0.2, 0.25) is 0 Å². The highest BCUT2D eigenvalue weighted by Crippen LogP contribution is 2.13. The van der Waals surface area contributed by atoms with Crippen LogP contribution >= 0.6 is 0 Å². The highest BCUT2D eigenvalue weighted by atomic mass is 14.9. The molecule has 0 heterocycles. The van der Waals surface area contributed by atoms with Gasteiger partial charge in [0.1, 0.15) is 0 Å². The Morgan fingerprint density at radius 1 is 1.00 bits per heavy atom. The fraction of sp³-hybridized carbons (Fsp3) is 0.217. The van der Waals surface area contributed by atoms with E-state index in [-0.39, 0.29) is 0 Å². The minimum atomic E-state index is 0.594. The van der Waals surface area contributed by atoms with Crippen molar-refractivity contribution < 1.29 is 0 Å². The normalized spacial score (nSPS) is 12.2. The third-order valence-electron chi connectivity index (χ3n) is 3.38. The van der Waals surface area contributed by atoms with E-state index >= 15 is 0 Å². The zero-order valence-corrected chi connectivity index (χ0v) is 15.1. The smallest absolute Gasteiger partial charge is 0.0384 e. The maximum Gasteiger partial charge on any atom is 0.0384 e. The summed E-state index contributed by atoms with van der Waals surface area (Å²) in [6.45, 7) is 10.4. The lowest BCUT2D eigenvalue weighted by atomic mass is 10.1. The van der Waals surface area contributed by atoms with E-state index in [4.69, 9.17) is 0 Å². The van der Waals surface area contributed by atoms with Gasteiger partial charge >= 0.3 is 0 Å². The van der Waals surface area contributed by atoms with Crippen LogP contribution < -0.4 is 5.32 Å². The van der Waals surface area contributed by atoms with E-state index in [1.54, 1.807) is 0 Å². The largest absolute Gasteiger partial charge is 0.356 e. The maximum absolute atomic E-state index is 3.93. The predicted octanol–water partition coefficient (Wildman–Crippen LogP) is 6.85. The van der Waals surface area contributed by atoms with Gasteiger partial charge in [0.25, 0.3) is 0 Å². The monoisotopic (exact) mass is 319 g/mol. The summed E-state index contributed by atoms with van der Waals surface area (Å²) in [5, 5.41) is 3.40. The van der Waals surface area contributed by atoms with Crippen LogP contribution in [0.25, 0.3) is 0 Å². The van der Waals surface area contributed by atoms with Gasteiger partial charge in [-0.15, -0.1) is 0 Å². The first-order valence-electron chi connectivity index (χ1n) is 8.49. The summed E-state index contributed by atoms with van der Waals surface area (Å²) in [7, 11) is 0. The molecule has 0 aliphatic carbocycles. The summed E-state index contributed by atoms with van der Waals surface area (Å²) in [5.74, 6) is 0.594. The van der Waals surface area contributed by atoms with Crippen LogP contribution in [0.5, 0.6) is 0 Å². The number of benzene rings is 2. The van der Waals surface area contributed by atoms with Gasteiger partial charge in [-0.25, -0.2) is 0 Å². The molecule has 0 saturated carbocycles. The van der Waals surface area contributed by atoms with Crippen LogP contribution in [0.3, 0.4) is 0 Å². The summed E-state index contributed by atoms with van der Waals surface area (Å²) >= 11 is 0. The number of anilines is 1. The van der Waals surface area contributed by atoms with E-state index < -0.39 is 0 Å². The summed E-state index contributed by atoms with van der Waals surface area (Å²) in [4.78, 5) is 0. The third-order valence-corrected chi connectivity index (χ3v) is 3.38. The highest BCUT2D eigenvalue weighted by molar-refractivity contribution is 5.51. The molecule has 0 bridgehead atoms. The van der Waals surface area contributed by atoms with Crippen LogP contribution in [0, 0.1) is 5.92 Å². The molecule has 24 heavy (non-hydrogen) atoms. The zero-order valence-electron chi connectivity index (χ0n) is 15.1. The fourth-order valence-corrected chi connectivity index (χ4v) is 1.87. The number of para-hydroxylation sites is 1. The molecule has 1 atom stereocenters. The average Bonchev–Trinajstić information content (AvgIpc) is 2.62. The molecule has 2 aromatic rings. The fourth-order valence-electron chi connectivity index (χ4n) is 1.87. The van der Waals surface area contributed by atoms with E-state index in [1.807, 2.05) is 61.5 Å². The van der Waals surface area contributed by atoms with E-state index in [1.165, 1.54) is 0 Å². The van der Waals surface area contributed by atoms with Crippen LogP contribution in [0.15, 0.2) is 103 Å². The molecule has 0 aliphatic heterocycles. The standard InChI is InChI=1S/C17H23N.C6H6/c1-5-15(4)11-12-17(13-14(2)3)18-16-9-7-6-8-10-16;1-2-4-6-5-3-1/h6-13,15,18H,2,5H2,1,3-4H3;1-6H/b12-11-,17-13+;. The van der Waals surface area contributed by atoms with Gasteiger partial charge in [0, 0.05) is 11.4 Å². The van der Waals surface area contributed by atoms with Crippen molar-refractivity contribution in [2.75, 3.05) is 5.32 Å². The molecule has 1 unspecified atom stereocenters. The molecular weight excluding hydrogens is 290 g/mol. The number of hydrogen-bond acceptors (Lipinski definition) is 1. The topological polar surface area (TPSA) is 12.0 Å². The maximum atomic E-state index is 3.93. The van der Waals surface area contributed by atoms with Crippen molar-refractivity contribution >= 4 is 5.69 Å². The molecule has 0 aliphatic rings. The van der Waals surface area contributed by atoms with E-state index in [9.17, 15) is 0 Å². The van der Waals surface area contributed by atoms with Crippen molar-refractivity contribution in [3.8, 4) is 0 Å². The number of hydrogen-bond donors (Lipinski definition) is 1. The van der Waals surface area contributed by atoms with Gasteiger partial charge in [0.2, 0.25) is 0 Å². The molecule has 1 N–H and O–H groups in total. The molecular formula is C23H29N. The quantitative estimate of drug-likeness (QED) is 0.574. The molecule has 0 saturated heterocycles. The molecule has 1 nitrogen and oxygen atoms in total. The third kappa shape index (κ3) is 9.47. The number of rotatable bonds is 6. The van der Waals surface area contributed by atoms with Gasteiger partial charge in [-0.2, -0.15) is 0 Å². The Labute approximate surface area is 147 Å². The molecule has 126 valence electrons. The van der Waals surface area contributed by atoms with Crippen molar-refractivity contribution in [3.05, 3.63) is 103 Å². The first-order valence-corrected chi connectivity index (χ1v) is 8.49. The Morgan fingerprint density at radius 2 is 1.50 bits per heavy atom. The van der Waals surface area contributed by atoms with Gasteiger partial charge in [-0.3, -0.25) is 0 Å². The number of nitrogens with one attached hydrogen (secondary N) is 1. The average molecular weight is 319 g/mol. The Hall–Kier alpha value is -2.54. The summed E-state index contributed by atoms with van der Waals surface area (Å²) in [6.07, 6.45) is 7.58. The Kier molecular flexibility index (Phi) is 9.72. The predicted molar refractivity (Wildman–Crippen MR) is 108 cm³/mol. The van der Waals surface area contributed by atoms with Crippen LogP contribution in [-0.4, -0.2) is 0 Å². The zero-order chi connectivity index (χ0) is 17.6. The summed E-state index contributed by atoms with van der Waals surface area (Å²) in [6, 6.07) is 22.2. The molecule has 0 fully saturated rings. The van der Waals surface area contributed by atoms with Crippen LogP contribution in [-0.2, 0) is 0 Å². The van der Waals surface area contributed by atoms with Crippen LogP contribution in [0.1, 0.15) is 27.2 Å². The first kappa shape index (κ1) is 19.5. The van der Waals surface area contributed by atoms with Gasteiger partial charge in [0.15, 0.2) is 0 Å². The van der Waals surface area contributed by atoms with Crippen molar-refractivity contribution in [3.63, 3.8) is 0 Å².